The lowest BCUT2D eigenvalue weighted by atomic mass is 9.93. The number of anilines is 3. The van der Waals surface area contributed by atoms with Gasteiger partial charge in [0.05, 0.1) is 0 Å². The molecule has 2 heteroatoms. The van der Waals surface area contributed by atoms with E-state index in [0.29, 0.717) is 0 Å². The van der Waals surface area contributed by atoms with Crippen LogP contribution in [-0.2, 0) is 0 Å². The third kappa shape index (κ3) is 2.89. The van der Waals surface area contributed by atoms with Gasteiger partial charge in [-0.3, -0.25) is 0 Å². The van der Waals surface area contributed by atoms with Gasteiger partial charge in [-0.15, -0.1) is 11.3 Å². The van der Waals surface area contributed by atoms with Gasteiger partial charge in [-0.05, 0) is 74.8 Å². The SMILES string of the molecule is c1ccc(N(c2cc3ccc4cccc5ccc(c2)c3c45)c2ccc3c(c2)sc2ccccc23)cc1. The molecule has 1 nitrogen and oxygen atoms in total. The number of hydrogen-bond donors (Lipinski definition) is 0. The molecular weight excluding hydrogens is 454 g/mol. The van der Waals surface area contributed by atoms with Crippen LogP contribution in [0.5, 0.6) is 0 Å². The second-order valence-electron chi connectivity index (χ2n) is 9.43. The summed E-state index contributed by atoms with van der Waals surface area (Å²) in [5, 5.41) is 10.5. The summed E-state index contributed by atoms with van der Waals surface area (Å²) in [5.41, 5.74) is 3.51. The van der Waals surface area contributed by atoms with Crippen molar-refractivity contribution in [2.24, 2.45) is 0 Å². The number of hydrogen-bond acceptors (Lipinski definition) is 2. The van der Waals surface area contributed by atoms with E-state index in [-0.39, 0.29) is 0 Å². The van der Waals surface area contributed by atoms with E-state index in [4.69, 9.17) is 0 Å². The highest BCUT2D eigenvalue weighted by atomic mass is 32.1. The number of benzene rings is 7. The number of nitrogens with zero attached hydrogens (tertiary/aromatic N) is 1. The van der Waals surface area contributed by atoms with Crippen molar-refractivity contribution in [2.75, 3.05) is 4.90 Å². The van der Waals surface area contributed by atoms with Crippen molar-refractivity contribution in [3.05, 3.63) is 127 Å². The standard InChI is InChI=1S/C34H21NS/c1-2-9-26(10-3-1)35(27-17-18-30-29-11-4-5-12-31(29)36-32(30)21-27)28-19-24-15-13-22-7-6-8-23-14-16-25(20-28)34(24)33(22)23/h1-21H. The van der Waals surface area contributed by atoms with Gasteiger partial charge in [0.15, 0.2) is 0 Å². The van der Waals surface area contributed by atoms with Crippen LogP contribution < -0.4 is 4.90 Å². The molecule has 168 valence electrons. The number of rotatable bonds is 3. The normalized spacial score (nSPS) is 11.9. The summed E-state index contributed by atoms with van der Waals surface area (Å²) < 4.78 is 2.64. The Kier molecular flexibility index (Phi) is 4.16. The molecule has 0 aliphatic heterocycles. The molecule has 0 spiro atoms. The minimum absolute atomic E-state index is 1.16. The van der Waals surface area contributed by atoms with Gasteiger partial charge < -0.3 is 4.90 Å². The van der Waals surface area contributed by atoms with E-state index in [1.165, 1.54) is 63.9 Å². The highest BCUT2D eigenvalue weighted by Gasteiger charge is 2.17. The van der Waals surface area contributed by atoms with Crippen LogP contribution >= 0.6 is 11.3 Å². The van der Waals surface area contributed by atoms with Crippen LogP contribution in [0.2, 0.25) is 0 Å². The maximum atomic E-state index is 2.39. The molecule has 1 aromatic heterocycles. The summed E-state index contributed by atoms with van der Waals surface area (Å²) in [4.78, 5) is 2.39. The van der Waals surface area contributed by atoms with Gasteiger partial charge >= 0.3 is 0 Å². The molecule has 0 aliphatic rings. The highest BCUT2D eigenvalue weighted by Crippen LogP contribution is 2.43. The Morgan fingerprint density at radius 2 is 1.03 bits per heavy atom. The van der Waals surface area contributed by atoms with Gasteiger partial charge in [0, 0.05) is 37.2 Å². The summed E-state index contributed by atoms with van der Waals surface area (Å²) in [6, 6.07) is 46.6. The Hall–Kier alpha value is -4.40. The molecule has 0 amide bonds. The lowest BCUT2D eigenvalue weighted by Crippen LogP contribution is -2.09. The molecule has 8 aromatic rings. The van der Waals surface area contributed by atoms with Crippen molar-refractivity contribution >= 4 is 80.9 Å². The molecular formula is C34H21NS. The van der Waals surface area contributed by atoms with Crippen LogP contribution in [0, 0.1) is 0 Å². The minimum atomic E-state index is 1.16. The molecule has 0 unspecified atom stereocenters. The zero-order chi connectivity index (χ0) is 23.6. The molecule has 0 saturated carbocycles. The number of fused-ring (bicyclic) bond motifs is 3. The summed E-state index contributed by atoms with van der Waals surface area (Å²) in [6.07, 6.45) is 0. The van der Waals surface area contributed by atoms with Gasteiger partial charge in [-0.1, -0.05) is 84.9 Å². The average molecular weight is 476 g/mol. The van der Waals surface area contributed by atoms with E-state index in [0.717, 1.165) is 5.69 Å². The Bertz CT molecular complexity index is 1990. The van der Waals surface area contributed by atoms with E-state index in [1.54, 1.807) is 0 Å². The van der Waals surface area contributed by atoms with Crippen LogP contribution in [0.25, 0.3) is 52.5 Å². The Morgan fingerprint density at radius 3 is 1.81 bits per heavy atom. The zero-order valence-electron chi connectivity index (χ0n) is 19.5. The molecule has 0 radical (unpaired) electrons. The molecule has 8 rings (SSSR count). The molecule has 0 atom stereocenters. The Morgan fingerprint density at radius 1 is 0.389 bits per heavy atom. The van der Waals surface area contributed by atoms with E-state index >= 15 is 0 Å². The van der Waals surface area contributed by atoms with E-state index < -0.39 is 0 Å². The maximum Gasteiger partial charge on any atom is 0.0476 e. The van der Waals surface area contributed by atoms with Crippen molar-refractivity contribution in [2.45, 2.75) is 0 Å². The highest BCUT2D eigenvalue weighted by molar-refractivity contribution is 7.25. The molecule has 1 heterocycles. The van der Waals surface area contributed by atoms with Gasteiger partial charge in [0.25, 0.3) is 0 Å². The molecule has 0 N–H and O–H groups in total. The quantitative estimate of drug-likeness (QED) is 0.230. The van der Waals surface area contributed by atoms with Crippen LogP contribution in [0.1, 0.15) is 0 Å². The zero-order valence-corrected chi connectivity index (χ0v) is 20.3. The summed E-state index contributed by atoms with van der Waals surface area (Å²) in [5.74, 6) is 0. The Balaban J connectivity index is 1.40. The fourth-order valence-electron chi connectivity index (χ4n) is 5.74. The third-order valence-corrected chi connectivity index (χ3v) is 8.47. The van der Waals surface area contributed by atoms with Crippen LogP contribution in [-0.4, -0.2) is 0 Å². The van der Waals surface area contributed by atoms with Crippen molar-refractivity contribution in [1.29, 1.82) is 0 Å². The lowest BCUT2D eigenvalue weighted by molar-refractivity contribution is 1.30. The van der Waals surface area contributed by atoms with E-state index in [1.807, 2.05) is 11.3 Å². The van der Waals surface area contributed by atoms with Gasteiger partial charge in [-0.2, -0.15) is 0 Å². The molecule has 7 aromatic carbocycles. The fourth-order valence-corrected chi connectivity index (χ4v) is 6.88. The van der Waals surface area contributed by atoms with Gasteiger partial charge in [0.1, 0.15) is 0 Å². The first kappa shape index (κ1) is 19.9. The topological polar surface area (TPSA) is 3.24 Å². The molecule has 0 aliphatic carbocycles. The predicted octanol–water partition coefficient (Wildman–Crippen LogP) is 10.4. The molecule has 0 bridgehead atoms. The molecule has 0 saturated heterocycles. The lowest BCUT2D eigenvalue weighted by Gasteiger charge is -2.26. The molecule has 36 heavy (non-hydrogen) atoms. The summed E-state index contributed by atoms with van der Waals surface area (Å²) in [6.45, 7) is 0. The van der Waals surface area contributed by atoms with E-state index in [9.17, 15) is 0 Å². The van der Waals surface area contributed by atoms with Crippen molar-refractivity contribution in [1.82, 2.24) is 0 Å². The number of para-hydroxylation sites is 1. The van der Waals surface area contributed by atoms with Crippen LogP contribution in [0.15, 0.2) is 127 Å². The van der Waals surface area contributed by atoms with Crippen molar-refractivity contribution < 1.29 is 0 Å². The largest absolute Gasteiger partial charge is 0.310 e. The van der Waals surface area contributed by atoms with Gasteiger partial charge in [-0.25, -0.2) is 0 Å². The first-order chi connectivity index (χ1) is 17.8. The Labute approximate surface area is 212 Å². The fraction of sp³-hybridized carbons (Fsp3) is 0. The smallest absolute Gasteiger partial charge is 0.0476 e. The number of thiophene rings is 1. The van der Waals surface area contributed by atoms with E-state index in [2.05, 4.69) is 132 Å². The molecule has 0 fully saturated rings. The monoisotopic (exact) mass is 475 g/mol. The van der Waals surface area contributed by atoms with Crippen molar-refractivity contribution in [3.63, 3.8) is 0 Å². The van der Waals surface area contributed by atoms with Crippen molar-refractivity contribution in [3.8, 4) is 0 Å². The van der Waals surface area contributed by atoms with Crippen LogP contribution in [0.4, 0.5) is 17.1 Å². The first-order valence-electron chi connectivity index (χ1n) is 12.3. The second kappa shape index (κ2) is 7.55. The summed E-state index contributed by atoms with van der Waals surface area (Å²) >= 11 is 1.87. The average Bonchev–Trinajstić information content (AvgIpc) is 3.30. The summed E-state index contributed by atoms with van der Waals surface area (Å²) in [7, 11) is 0. The minimum Gasteiger partial charge on any atom is -0.310 e. The first-order valence-corrected chi connectivity index (χ1v) is 13.1. The maximum absolute atomic E-state index is 2.39. The van der Waals surface area contributed by atoms with Gasteiger partial charge in [0.2, 0.25) is 0 Å². The third-order valence-electron chi connectivity index (χ3n) is 7.34. The second-order valence-corrected chi connectivity index (χ2v) is 10.5. The predicted molar refractivity (Wildman–Crippen MR) is 158 cm³/mol. The van der Waals surface area contributed by atoms with Crippen LogP contribution in [0.3, 0.4) is 0 Å².